The van der Waals surface area contributed by atoms with Gasteiger partial charge in [0.25, 0.3) is 0 Å². The van der Waals surface area contributed by atoms with Crippen molar-refractivity contribution in [3.05, 3.63) is 52.5 Å². The molecule has 0 N–H and O–H groups in total. The van der Waals surface area contributed by atoms with Crippen LogP contribution in [0.1, 0.15) is 23.5 Å². The number of carbonyl (C=O) groups excluding carboxylic acids is 1. The van der Waals surface area contributed by atoms with Gasteiger partial charge in [-0.1, -0.05) is 6.07 Å². The molecule has 1 aliphatic rings. The third-order valence-electron chi connectivity index (χ3n) is 4.23. The number of hydrogen-bond donors (Lipinski definition) is 0. The molecule has 4 rings (SSSR count). The molecule has 0 atom stereocenters. The maximum atomic E-state index is 11.8. The van der Waals surface area contributed by atoms with E-state index in [1.165, 1.54) is 4.88 Å². The number of aromatic nitrogens is 3. The van der Waals surface area contributed by atoms with Crippen LogP contribution in [0.4, 0.5) is 5.69 Å². The lowest BCUT2D eigenvalue weighted by Crippen LogP contribution is -2.23. The lowest BCUT2D eigenvalue weighted by molar-refractivity contribution is -0.117. The van der Waals surface area contributed by atoms with Crippen molar-refractivity contribution in [2.75, 3.05) is 11.4 Å². The number of benzene rings is 1. The molecule has 24 heavy (non-hydrogen) atoms. The summed E-state index contributed by atoms with van der Waals surface area (Å²) in [5.74, 6) is 1.88. The summed E-state index contributed by atoms with van der Waals surface area (Å²) in [5, 5.41) is 6.59. The van der Waals surface area contributed by atoms with Gasteiger partial charge in [-0.15, -0.1) is 11.3 Å². The Morgan fingerprint density at radius 1 is 1.21 bits per heavy atom. The number of aryl methyl sites for hydroxylation is 1. The molecule has 3 aromatic rings. The molecule has 1 aliphatic heterocycles. The number of rotatable bonds is 4. The topological polar surface area (TPSA) is 51.0 Å². The molecule has 3 heterocycles. The number of amides is 1. The van der Waals surface area contributed by atoms with E-state index in [9.17, 15) is 4.79 Å². The first-order valence-electron chi connectivity index (χ1n) is 8.04. The highest BCUT2D eigenvalue weighted by atomic mass is 32.1. The zero-order chi connectivity index (χ0) is 16.5. The first-order valence-corrected chi connectivity index (χ1v) is 8.92. The minimum Gasteiger partial charge on any atom is -0.312 e. The lowest BCUT2D eigenvalue weighted by Gasteiger charge is -2.15. The summed E-state index contributed by atoms with van der Waals surface area (Å²) < 4.78 is 1.82. The van der Waals surface area contributed by atoms with Crippen LogP contribution in [0.2, 0.25) is 0 Å². The fourth-order valence-electron chi connectivity index (χ4n) is 3.04. The van der Waals surface area contributed by atoms with Crippen LogP contribution in [0, 0.1) is 0 Å². The van der Waals surface area contributed by atoms with E-state index in [2.05, 4.69) is 21.5 Å². The summed E-state index contributed by atoms with van der Waals surface area (Å²) in [5.41, 5.74) is 1.97. The SMILES string of the molecule is Cn1nc(Cc2cccs2)nc1-c1ccc(N2CCCC2=O)cc1. The molecule has 1 aromatic carbocycles. The molecular formula is C18H18N4OS. The van der Waals surface area contributed by atoms with Crippen molar-refractivity contribution in [3.63, 3.8) is 0 Å². The number of anilines is 1. The monoisotopic (exact) mass is 338 g/mol. The summed E-state index contributed by atoms with van der Waals surface area (Å²) >= 11 is 1.72. The van der Waals surface area contributed by atoms with E-state index in [1.807, 2.05) is 47.0 Å². The molecular weight excluding hydrogens is 320 g/mol. The molecule has 0 radical (unpaired) electrons. The standard InChI is InChI=1S/C18H18N4OS/c1-21-18(19-16(20-21)12-15-4-3-11-24-15)13-6-8-14(9-7-13)22-10-2-5-17(22)23/h3-4,6-9,11H,2,5,10,12H2,1H3. The molecule has 0 saturated carbocycles. The normalized spacial score (nSPS) is 14.5. The van der Waals surface area contributed by atoms with Crippen LogP contribution in [0.25, 0.3) is 11.4 Å². The fourth-order valence-corrected chi connectivity index (χ4v) is 3.75. The second-order valence-electron chi connectivity index (χ2n) is 5.93. The molecule has 1 saturated heterocycles. The molecule has 0 bridgehead atoms. The van der Waals surface area contributed by atoms with Crippen molar-refractivity contribution in [1.82, 2.24) is 14.8 Å². The number of nitrogens with zero attached hydrogens (tertiary/aromatic N) is 4. The number of thiophene rings is 1. The average Bonchev–Trinajstić information content (AvgIpc) is 3.30. The van der Waals surface area contributed by atoms with E-state index in [1.54, 1.807) is 11.3 Å². The molecule has 5 nitrogen and oxygen atoms in total. The van der Waals surface area contributed by atoms with Crippen LogP contribution in [0.15, 0.2) is 41.8 Å². The van der Waals surface area contributed by atoms with Gasteiger partial charge in [0.1, 0.15) is 0 Å². The van der Waals surface area contributed by atoms with Gasteiger partial charge in [-0.25, -0.2) is 9.67 Å². The number of hydrogen-bond acceptors (Lipinski definition) is 4. The van der Waals surface area contributed by atoms with Crippen molar-refractivity contribution < 1.29 is 4.79 Å². The van der Waals surface area contributed by atoms with Gasteiger partial charge >= 0.3 is 0 Å². The van der Waals surface area contributed by atoms with Crippen LogP contribution < -0.4 is 4.90 Å². The second kappa shape index (κ2) is 6.20. The van der Waals surface area contributed by atoms with Crippen molar-refractivity contribution >= 4 is 22.9 Å². The van der Waals surface area contributed by atoms with Gasteiger partial charge in [0.2, 0.25) is 5.91 Å². The predicted octanol–water partition coefficient (Wildman–Crippen LogP) is 3.26. The summed E-state index contributed by atoms with van der Waals surface area (Å²) in [7, 11) is 1.91. The van der Waals surface area contributed by atoms with Gasteiger partial charge < -0.3 is 4.90 Å². The van der Waals surface area contributed by atoms with E-state index in [-0.39, 0.29) is 5.91 Å². The minimum absolute atomic E-state index is 0.208. The molecule has 0 unspecified atom stereocenters. The maximum absolute atomic E-state index is 11.8. The highest BCUT2D eigenvalue weighted by molar-refractivity contribution is 7.09. The highest BCUT2D eigenvalue weighted by Gasteiger charge is 2.21. The van der Waals surface area contributed by atoms with Gasteiger partial charge in [0.05, 0.1) is 0 Å². The van der Waals surface area contributed by atoms with E-state index in [0.29, 0.717) is 6.42 Å². The van der Waals surface area contributed by atoms with Crippen LogP contribution in [-0.4, -0.2) is 27.2 Å². The van der Waals surface area contributed by atoms with Crippen molar-refractivity contribution in [2.45, 2.75) is 19.3 Å². The summed E-state index contributed by atoms with van der Waals surface area (Å²) in [6.45, 7) is 0.813. The fraction of sp³-hybridized carbons (Fsp3) is 0.278. The molecule has 1 fully saturated rings. The van der Waals surface area contributed by atoms with Gasteiger partial charge in [-0.2, -0.15) is 5.10 Å². The van der Waals surface area contributed by atoms with Gasteiger partial charge in [0.15, 0.2) is 11.6 Å². The minimum atomic E-state index is 0.208. The Bertz CT molecular complexity index is 852. The van der Waals surface area contributed by atoms with Crippen LogP contribution in [0.3, 0.4) is 0 Å². The zero-order valence-corrected chi connectivity index (χ0v) is 14.3. The van der Waals surface area contributed by atoms with E-state index in [4.69, 9.17) is 0 Å². The summed E-state index contributed by atoms with van der Waals surface area (Å²) in [4.78, 5) is 19.6. The van der Waals surface area contributed by atoms with Crippen molar-refractivity contribution in [1.29, 1.82) is 0 Å². The van der Waals surface area contributed by atoms with Crippen molar-refractivity contribution in [3.8, 4) is 11.4 Å². The number of carbonyl (C=O) groups is 1. The summed E-state index contributed by atoms with van der Waals surface area (Å²) in [6, 6.07) is 12.2. The Morgan fingerprint density at radius 2 is 2.04 bits per heavy atom. The van der Waals surface area contributed by atoms with E-state index >= 15 is 0 Å². The van der Waals surface area contributed by atoms with Gasteiger partial charge in [-0.3, -0.25) is 4.79 Å². The Morgan fingerprint density at radius 3 is 2.71 bits per heavy atom. The highest BCUT2D eigenvalue weighted by Crippen LogP contribution is 2.25. The van der Waals surface area contributed by atoms with E-state index < -0.39 is 0 Å². The van der Waals surface area contributed by atoms with Crippen LogP contribution in [-0.2, 0) is 18.3 Å². The lowest BCUT2D eigenvalue weighted by atomic mass is 10.2. The third-order valence-corrected chi connectivity index (χ3v) is 5.11. The van der Waals surface area contributed by atoms with Gasteiger partial charge in [-0.05, 0) is 42.1 Å². The largest absolute Gasteiger partial charge is 0.312 e. The Balaban J connectivity index is 1.57. The molecule has 0 aliphatic carbocycles. The second-order valence-corrected chi connectivity index (χ2v) is 6.96. The Kier molecular flexibility index (Phi) is 3.90. The molecule has 2 aromatic heterocycles. The first-order chi connectivity index (χ1) is 11.7. The molecule has 0 spiro atoms. The first kappa shape index (κ1) is 15.1. The maximum Gasteiger partial charge on any atom is 0.227 e. The Hall–Kier alpha value is -2.47. The molecule has 1 amide bonds. The summed E-state index contributed by atoms with van der Waals surface area (Å²) in [6.07, 6.45) is 2.35. The van der Waals surface area contributed by atoms with Crippen LogP contribution in [0.5, 0.6) is 0 Å². The smallest absolute Gasteiger partial charge is 0.227 e. The van der Waals surface area contributed by atoms with Gasteiger partial charge in [0, 0.05) is 42.6 Å². The Labute approximate surface area is 144 Å². The average molecular weight is 338 g/mol. The third kappa shape index (κ3) is 2.85. The quantitative estimate of drug-likeness (QED) is 0.734. The molecule has 6 heteroatoms. The van der Waals surface area contributed by atoms with Crippen molar-refractivity contribution in [2.24, 2.45) is 7.05 Å². The zero-order valence-electron chi connectivity index (χ0n) is 13.5. The van der Waals surface area contributed by atoms with Crippen LogP contribution >= 0.6 is 11.3 Å². The molecule has 122 valence electrons. The predicted molar refractivity (Wildman–Crippen MR) is 95.2 cm³/mol. The van der Waals surface area contributed by atoms with E-state index in [0.717, 1.165) is 42.3 Å².